The van der Waals surface area contributed by atoms with E-state index in [0.29, 0.717) is 13.0 Å². The van der Waals surface area contributed by atoms with Crippen LogP contribution in [-0.2, 0) is 27.7 Å². The summed E-state index contributed by atoms with van der Waals surface area (Å²) in [6.45, 7) is 0.906. The van der Waals surface area contributed by atoms with Crippen LogP contribution in [-0.4, -0.2) is 49.5 Å². The standard InChI is InChI=1S/C21H25N3O3S/c1-28(26,27)24(13-11-18-16-23-20-10-6-5-9-19(18)20)14-12-22-21(25)15-17-7-3-2-4-8-17/h2-10,16,23H,11-15H2,1H3,(H,22,25). The number of fused-ring (bicyclic) bond motifs is 1. The zero-order valence-corrected chi connectivity index (χ0v) is 16.7. The highest BCUT2D eigenvalue weighted by atomic mass is 32.2. The number of nitrogens with zero attached hydrogens (tertiary/aromatic N) is 1. The van der Waals surface area contributed by atoms with E-state index in [9.17, 15) is 13.2 Å². The monoisotopic (exact) mass is 399 g/mol. The zero-order valence-electron chi connectivity index (χ0n) is 15.9. The highest BCUT2D eigenvalue weighted by Crippen LogP contribution is 2.18. The summed E-state index contributed by atoms with van der Waals surface area (Å²) in [4.78, 5) is 15.3. The predicted octanol–water partition coefficient (Wildman–Crippen LogP) is 2.33. The molecule has 0 aliphatic heterocycles. The summed E-state index contributed by atoms with van der Waals surface area (Å²) in [7, 11) is -3.36. The second-order valence-corrected chi connectivity index (χ2v) is 8.77. The number of sulfonamides is 1. The summed E-state index contributed by atoms with van der Waals surface area (Å²) in [5.41, 5.74) is 3.05. The Bertz CT molecular complexity index is 1030. The molecule has 2 aromatic carbocycles. The molecule has 1 aromatic heterocycles. The number of aromatic amines is 1. The molecule has 6 nitrogen and oxygen atoms in total. The van der Waals surface area contributed by atoms with Crippen LogP contribution in [0.25, 0.3) is 10.9 Å². The number of benzene rings is 2. The van der Waals surface area contributed by atoms with Gasteiger partial charge in [0.1, 0.15) is 0 Å². The molecule has 7 heteroatoms. The van der Waals surface area contributed by atoms with Gasteiger partial charge in [0.2, 0.25) is 15.9 Å². The average Bonchev–Trinajstić information content (AvgIpc) is 3.07. The van der Waals surface area contributed by atoms with Gasteiger partial charge in [-0.15, -0.1) is 0 Å². The minimum Gasteiger partial charge on any atom is -0.361 e. The van der Waals surface area contributed by atoms with Gasteiger partial charge < -0.3 is 10.3 Å². The van der Waals surface area contributed by atoms with Gasteiger partial charge in [-0.25, -0.2) is 12.7 Å². The molecule has 0 fully saturated rings. The lowest BCUT2D eigenvalue weighted by Gasteiger charge is -2.20. The third kappa shape index (κ3) is 5.43. The van der Waals surface area contributed by atoms with Crippen molar-refractivity contribution >= 4 is 26.8 Å². The summed E-state index contributed by atoms with van der Waals surface area (Å²) in [6, 6.07) is 17.4. The number of carbonyl (C=O) groups excluding carboxylic acids is 1. The van der Waals surface area contributed by atoms with Gasteiger partial charge >= 0.3 is 0 Å². The van der Waals surface area contributed by atoms with Crippen LogP contribution in [0, 0.1) is 0 Å². The number of para-hydroxylation sites is 1. The smallest absolute Gasteiger partial charge is 0.224 e. The van der Waals surface area contributed by atoms with Crippen molar-refractivity contribution in [3.63, 3.8) is 0 Å². The molecular formula is C21H25N3O3S. The minimum atomic E-state index is -3.36. The van der Waals surface area contributed by atoms with E-state index in [1.165, 1.54) is 10.6 Å². The Balaban J connectivity index is 1.53. The van der Waals surface area contributed by atoms with Gasteiger partial charge in [0.25, 0.3) is 0 Å². The molecule has 3 aromatic rings. The van der Waals surface area contributed by atoms with Crippen LogP contribution in [0.3, 0.4) is 0 Å². The van der Waals surface area contributed by atoms with Crippen molar-refractivity contribution in [2.24, 2.45) is 0 Å². The molecule has 3 rings (SSSR count). The van der Waals surface area contributed by atoms with Crippen LogP contribution in [0.4, 0.5) is 0 Å². The van der Waals surface area contributed by atoms with Crippen LogP contribution in [0.15, 0.2) is 60.8 Å². The normalized spacial score (nSPS) is 11.8. The lowest BCUT2D eigenvalue weighted by molar-refractivity contribution is -0.120. The second-order valence-electron chi connectivity index (χ2n) is 6.78. The summed E-state index contributed by atoms with van der Waals surface area (Å²) in [6.07, 6.45) is 4.02. The number of H-pyrrole nitrogens is 1. The molecule has 28 heavy (non-hydrogen) atoms. The Morgan fingerprint density at radius 2 is 1.75 bits per heavy atom. The maximum Gasteiger partial charge on any atom is 0.224 e. The molecule has 2 N–H and O–H groups in total. The van der Waals surface area contributed by atoms with Crippen molar-refractivity contribution in [1.82, 2.24) is 14.6 Å². The number of aromatic nitrogens is 1. The Kier molecular flexibility index (Phi) is 6.49. The van der Waals surface area contributed by atoms with Crippen LogP contribution in [0.2, 0.25) is 0 Å². The first-order chi connectivity index (χ1) is 13.4. The Hall–Kier alpha value is -2.64. The summed E-state index contributed by atoms with van der Waals surface area (Å²) < 4.78 is 25.7. The second kappa shape index (κ2) is 9.03. The maximum absolute atomic E-state index is 12.1. The first kappa shape index (κ1) is 20.1. The molecule has 1 heterocycles. The van der Waals surface area contributed by atoms with Crippen LogP contribution >= 0.6 is 0 Å². The number of amides is 1. The van der Waals surface area contributed by atoms with Gasteiger partial charge in [-0.3, -0.25) is 4.79 Å². The zero-order chi connectivity index (χ0) is 20.0. The fourth-order valence-electron chi connectivity index (χ4n) is 3.19. The van der Waals surface area contributed by atoms with Crippen molar-refractivity contribution in [3.05, 3.63) is 71.9 Å². The Morgan fingerprint density at radius 1 is 1.04 bits per heavy atom. The Labute approximate surface area is 165 Å². The Morgan fingerprint density at radius 3 is 2.50 bits per heavy atom. The lowest BCUT2D eigenvalue weighted by atomic mass is 10.1. The quantitative estimate of drug-likeness (QED) is 0.579. The molecule has 0 saturated heterocycles. The topological polar surface area (TPSA) is 82.3 Å². The van der Waals surface area contributed by atoms with E-state index in [1.807, 2.05) is 60.8 Å². The molecule has 0 spiro atoms. The van der Waals surface area contributed by atoms with Crippen LogP contribution < -0.4 is 5.32 Å². The van der Waals surface area contributed by atoms with E-state index in [0.717, 1.165) is 22.0 Å². The van der Waals surface area contributed by atoms with Crippen molar-refractivity contribution in [2.75, 3.05) is 25.9 Å². The number of hydrogen-bond acceptors (Lipinski definition) is 3. The highest BCUT2D eigenvalue weighted by Gasteiger charge is 2.17. The van der Waals surface area contributed by atoms with Crippen molar-refractivity contribution in [3.8, 4) is 0 Å². The van der Waals surface area contributed by atoms with Gasteiger partial charge in [0.05, 0.1) is 12.7 Å². The lowest BCUT2D eigenvalue weighted by Crippen LogP contribution is -2.39. The molecule has 1 amide bonds. The van der Waals surface area contributed by atoms with E-state index in [2.05, 4.69) is 10.3 Å². The number of nitrogens with one attached hydrogen (secondary N) is 2. The number of hydrogen-bond donors (Lipinski definition) is 2. The molecule has 0 aliphatic rings. The number of carbonyl (C=O) groups is 1. The highest BCUT2D eigenvalue weighted by molar-refractivity contribution is 7.88. The third-order valence-corrected chi connectivity index (χ3v) is 5.97. The van der Waals surface area contributed by atoms with E-state index in [1.54, 1.807) is 0 Å². The van der Waals surface area contributed by atoms with E-state index >= 15 is 0 Å². The van der Waals surface area contributed by atoms with E-state index in [-0.39, 0.29) is 25.4 Å². The van der Waals surface area contributed by atoms with Gasteiger partial charge in [-0.2, -0.15) is 0 Å². The molecule has 0 saturated carbocycles. The van der Waals surface area contributed by atoms with Crippen molar-refractivity contribution in [1.29, 1.82) is 0 Å². The van der Waals surface area contributed by atoms with Gasteiger partial charge in [-0.05, 0) is 23.6 Å². The molecule has 0 unspecified atom stereocenters. The van der Waals surface area contributed by atoms with E-state index < -0.39 is 10.0 Å². The fraction of sp³-hybridized carbons (Fsp3) is 0.286. The molecule has 0 atom stereocenters. The molecule has 0 aliphatic carbocycles. The van der Waals surface area contributed by atoms with Crippen LogP contribution in [0.1, 0.15) is 11.1 Å². The first-order valence-corrected chi connectivity index (χ1v) is 11.1. The summed E-state index contributed by atoms with van der Waals surface area (Å²) in [5, 5.41) is 3.91. The average molecular weight is 400 g/mol. The first-order valence-electron chi connectivity index (χ1n) is 9.24. The maximum atomic E-state index is 12.1. The van der Waals surface area contributed by atoms with Crippen molar-refractivity contribution < 1.29 is 13.2 Å². The fourth-order valence-corrected chi connectivity index (χ4v) is 4.04. The molecule has 0 radical (unpaired) electrons. The van der Waals surface area contributed by atoms with E-state index in [4.69, 9.17) is 0 Å². The molecular weight excluding hydrogens is 374 g/mol. The van der Waals surface area contributed by atoms with Gasteiger partial charge in [0, 0.05) is 36.7 Å². The molecule has 0 bridgehead atoms. The van der Waals surface area contributed by atoms with Crippen molar-refractivity contribution in [2.45, 2.75) is 12.8 Å². The minimum absolute atomic E-state index is 0.115. The third-order valence-electron chi connectivity index (χ3n) is 4.67. The SMILES string of the molecule is CS(=O)(=O)N(CCNC(=O)Cc1ccccc1)CCc1c[nH]c2ccccc12. The molecule has 148 valence electrons. The van der Waals surface area contributed by atoms with Gasteiger partial charge in [-0.1, -0.05) is 48.5 Å². The predicted molar refractivity (Wildman–Crippen MR) is 112 cm³/mol. The van der Waals surface area contributed by atoms with Gasteiger partial charge in [0.15, 0.2) is 0 Å². The summed E-state index contributed by atoms with van der Waals surface area (Å²) in [5.74, 6) is -0.115. The largest absolute Gasteiger partial charge is 0.361 e. The number of rotatable bonds is 9. The summed E-state index contributed by atoms with van der Waals surface area (Å²) >= 11 is 0. The van der Waals surface area contributed by atoms with Crippen LogP contribution in [0.5, 0.6) is 0 Å².